The van der Waals surface area contributed by atoms with Crippen molar-refractivity contribution in [2.24, 2.45) is 5.41 Å². The number of hydrazine groups is 1. The predicted octanol–water partition coefficient (Wildman–Crippen LogP) is 2.08. The number of piperidine rings is 1. The van der Waals surface area contributed by atoms with E-state index in [-0.39, 0.29) is 35.8 Å². The Labute approximate surface area is 171 Å². The van der Waals surface area contributed by atoms with Crippen LogP contribution in [0.2, 0.25) is 0 Å². The summed E-state index contributed by atoms with van der Waals surface area (Å²) in [5.41, 5.74) is 5.69. The lowest BCUT2D eigenvalue weighted by molar-refractivity contribution is -0.138. The van der Waals surface area contributed by atoms with Gasteiger partial charge in [-0.25, -0.2) is 9.82 Å². The fraction of sp³-hybridized carbons (Fsp3) is 0.682. The third-order valence-corrected chi connectivity index (χ3v) is 6.85. The summed E-state index contributed by atoms with van der Waals surface area (Å²) in [6.45, 7) is 7.96. The minimum Gasteiger partial charge on any atom is -0.383 e. The number of ether oxygens (including phenoxy) is 1. The summed E-state index contributed by atoms with van der Waals surface area (Å²) in [6.07, 6.45) is 2.66. The predicted molar refractivity (Wildman–Crippen MR) is 107 cm³/mol. The first-order valence-electron chi connectivity index (χ1n) is 10.5. The molecule has 0 bridgehead atoms. The van der Waals surface area contributed by atoms with Crippen LogP contribution in [0.5, 0.6) is 0 Å². The van der Waals surface area contributed by atoms with Crippen molar-refractivity contribution in [2.75, 3.05) is 19.7 Å². The first-order chi connectivity index (χ1) is 13.6. The van der Waals surface area contributed by atoms with Crippen molar-refractivity contribution in [3.8, 4) is 0 Å². The van der Waals surface area contributed by atoms with Gasteiger partial charge >= 0.3 is 0 Å². The van der Waals surface area contributed by atoms with E-state index in [1.165, 1.54) is 12.1 Å². The van der Waals surface area contributed by atoms with E-state index in [1.807, 2.05) is 4.90 Å². The summed E-state index contributed by atoms with van der Waals surface area (Å²) in [4.78, 5) is 14.9. The number of nitrogens with one attached hydrogen (secondary N) is 2. The third-order valence-electron chi connectivity index (χ3n) is 6.85. The lowest BCUT2D eigenvalue weighted by Gasteiger charge is -2.39. The fourth-order valence-corrected chi connectivity index (χ4v) is 4.82. The zero-order chi connectivity index (χ0) is 20.9. The van der Waals surface area contributed by atoms with Crippen LogP contribution in [0.3, 0.4) is 0 Å². The zero-order valence-corrected chi connectivity index (χ0v) is 17.5. The van der Waals surface area contributed by atoms with Crippen LogP contribution in [-0.4, -0.2) is 53.3 Å². The average molecular weight is 406 g/mol. The van der Waals surface area contributed by atoms with E-state index >= 15 is 0 Å². The molecular weight excluding hydrogens is 373 g/mol. The van der Waals surface area contributed by atoms with Gasteiger partial charge in [0.25, 0.3) is 0 Å². The SMILES string of the molecule is CC(C)(C)C1CC(C(=O)N2CCC3(CC2)CC(O)(c2ccc(F)cc2)CO3)NN1. The molecule has 29 heavy (non-hydrogen) atoms. The molecule has 0 saturated carbocycles. The molecule has 1 aromatic carbocycles. The van der Waals surface area contributed by atoms with Gasteiger partial charge in [-0.15, -0.1) is 0 Å². The minimum atomic E-state index is -1.10. The second-order valence-electron chi connectivity index (χ2n) is 10.0. The first-order valence-corrected chi connectivity index (χ1v) is 10.5. The summed E-state index contributed by atoms with van der Waals surface area (Å²) in [5, 5.41) is 11.1. The summed E-state index contributed by atoms with van der Waals surface area (Å²) < 4.78 is 19.3. The highest BCUT2D eigenvalue weighted by Gasteiger charge is 2.51. The monoisotopic (exact) mass is 405 g/mol. The maximum Gasteiger partial charge on any atom is 0.241 e. The Morgan fingerprint density at radius 2 is 1.86 bits per heavy atom. The molecule has 1 amide bonds. The number of carbonyl (C=O) groups excluding carboxylic acids is 1. The highest BCUT2D eigenvalue weighted by Crippen LogP contribution is 2.45. The normalized spacial score (nSPS) is 32.1. The number of rotatable bonds is 2. The average Bonchev–Trinajstić information content (AvgIpc) is 3.29. The number of hydrogen-bond acceptors (Lipinski definition) is 5. The summed E-state index contributed by atoms with van der Waals surface area (Å²) >= 11 is 0. The molecule has 3 fully saturated rings. The van der Waals surface area contributed by atoms with Gasteiger partial charge < -0.3 is 14.7 Å². The standard InChI is InChI=1S/C22H32FN3O3/c1-20(2,3)18-12-17(24-25-18)19(27)26-10-8-21(9-11-26)13-22(28,14-29-21)15-4-6-16(23)7-5-15/h4-7,17-18,24-25,28H,8-14H2,1-3H3. The van der Waals surface area contributed by atoms with E-state index in [0.717, 1.165) is 6.42 Å². The van der Waals surface area contributed by atoms with Gasteiger partial charge in [0, 0.05) is 25.6 Å². The summed E-state index contributed by atoms with van der Waals surface area (Å²) in [7, 11) is 0. The van der Waals surface area contributed by atoms with E-state index in [1.54, 1.807) is 12.1 Å². The lowest BCUT2D eigenvalue weighted by atomic mass is 9.80. The number of nitrogens with zero attached hydrogens (tertiary/aromatic N) is 1. The molecule has 3 saturated heterocycles. The van der Waals surface area contributed by atoms with Crippen molar-refractivity contribution in [3.05, 3.63) is 35.6 Å². The van der Waals surface area contributed by atoms with Gasteiger partial charge in [0.1, 0.15) is 17.5 Å². The molecule has 4 rings (SSSR count). The number of aliphatic hydroxyl groups is 1. The van der Waals surface area contributed by atoms with Crippen LogP contribution >= 0.6 is 0 Å². The number of benzene rings is 1. The van der Waals surface area contributed by atoms with Gasteiger partial charge in [-0.2, -0.15) is 0 Å². The molecule has 1 spiro atoms. The van der Waals surface area contributed by atoms with Gasteiger partial charge in [-0.3, -0.25) is 10.2 Å². The van der Waals surface area contributed by atoms with Gasteiger partial charge in [0.05, 0.1) is 12.2 Å². The molecule has 7 heteroatoms. The van der Waals surface area contributed by atoms with Crippen LogP contribution < -0.4 is 10.9 Å². The molecule has 3 N–H and O–H groups in total. The Bertz CT molecular complexity index is 756. The molecule has 160 valence electrons. The van der Waals surface area contributed by atoms with Gasteiger partial charge in [-0.05, 0) is 42.4 Å². The van der Waals surface area contributed by atoms with Crippen LogP contribution in [0.4, 0.5) is 4.39 Å². The summed E-state index contributed by atoms with van der Waals surface area (Å²) in [6, 6.07) is 6.05. The van der Waals surface area contributed by atoms with E-state index in [2.05, 4.69) is 31.6 Å². The topological polar surface area (TPSA) is 73.8 Å². The maximum absolute atomic E-state index is 13.2. The number of carbonyl (C=O) groups is 1. The number of hydrogen-bond donors (Lipinski definition) is 3. The molecule has 0 radical (unpaired) electrons. The molecule has 6 nitrogen and oxygen atoms in total. The fourth-order valence-electron chi connectivity index (χ4n) is 4.82. The molecule has 3 aliphatic rings. The Morgan fingerprint density at radius 3 is 2.45 bits per heavy atom. The van der Waals surface area contributed by atoms with Crippen molar-refractivity contribution in [3.63, 3.8) is 0 Å². The summed E-state index contributed by atoms with van der Waals surface area (Å²) in [5.74, 6) is -0.188. The Morgan fingerprint density at radius 1 is 1.21 bits per heavy atom. The van der Waals surface area contributed by atoms with Crippen molar-refractivity contribution in [2.45, 2.75) is 69.7 Å². The largest absolute Gasteiger partial charge is 0.383 e. The van der Waals surface area contributed by atoms with Crippen molar-refractivity contribution in [1.29, 1.82) is 0 Å². The highest BCUT2D eigenvalue weighted by atomic mass is 19.1. The Balaban J connectivity index is 1.35. The molecule has 3 aliphatic heterocycles. The van der Waals surface area contributed by atoms with Gasteiger partial charge in [-0.1, -0.05) is 32.9 Å². The Kier molecular flexibility index (Phi) is 5.22. The molecule has 1 aromatic rings. The lowest BCUT2D eigenvalue weighted by Crippen LogP contribution is -2.52. The maximum atomic E-state index is 13.2. The van der Waals surface area contributed by atoms with E-state index < -0.39 is 11.2 Å². The molecule has 3 unspecified atom stereocenters. The van der Waals surface area contributed by atoms with Crippen LogP contribution in [0.25, 0.3) is 0 Å². The molecular formula is C22H32FN3O3. The molecule has 3 atom stereocenters. The highest BCUT2D eigenvalue weighted by molar-refractivity contribution is 5.82. The van der Waals surface area contributed by atoms with Crippen molar-refractivity contribution < 1.29 is 19.0 Å². The van der Waals surface area contributed by atoms with E-state index in [4.69, 9.17) is 4.74 Å². The van der Waals surface area contributed by atoms with Gasteiger partial charge in [0.2, 0.25) is 5.91 Å². The van der Waals surface area contributed by atoms with Crippen LogP contribution in [0, 0.1) is 11.2 Å². The molecule has 0 aliphatic carbocycles. The number of halogens is 1. The second kappa shape index (κ2) is 7.30. The first kappa shape index (κ1) is 20.7. The Hall–Kier alpha value is -1.54. The van der Waals surface area contributed by atoms with Crippen molar-refractivity contribution >= 4 is 5.91 Å². The van der Waals surface area contributed by atoms with Crippen LogP contribution in [0.15, 0.2) is 24.3 Å². The minimum absolute atomic E-state index is 0.0937. The number of amides is 1. The molecule has 0 aromatic heterocycles. The second-order valence-corrected chi connectivity index (χ2v) is 10.0. The van der Waals surface area contributed by atoms with Crippen LogP contribution in [0.1, 0.15) is 52.0 Å². The van der Waals surface area contributed by atoms with E-state index in [0.29, 0.717) is 37.9 Å². The smallest absolute Gasteiger partial charge is 0.241 e. The van der Waals surface area contributed by atoms with Crippen molar-refractivity contribution in [1.82, 2.24) is 15.8 Å². The number of likely N-dealkylation sites (tertiary alicyclic amines) is 1. The van der Waals surface area contributed by atoms with E-state index in [9.17, 15) is 14.3 Å². The third kappa shape index (κ3) is 4.06. The zero-order valence-electron chi connectivity index (χ0n) is 17.5. The quantitative estimate of drug-likeness (QED) is 0.703. The molecule has 3 heterocycles. The van der Waals surface area contributed by atoms with Gasteiger partial charge in [0.15, 0.2) is 0 Å². The van der Waals surface area contributed by atoms with Crippen LogP contribution in [-0.2, 0) is 15.1 Å².